The van der Waals surface area contributed by atoms with Crippen LogP contribution in [0.1, 0.15) is 30.4 Å². The lowest BCUT2D eigenvalue weighted by molar-refractivity contribution is -0.170. The topological polar surface area (TPSA) is 85.2 Å². The molecule has 1 fully saturated rings. The Morgan fingerprint density at radius 3 is 2.50 bits per heavy atom. The molecule has 2 N–H and O–H groups in total. The Balaban J connectivity index is 1.45. The predicted molar refractivity (Wildman–Crippen MR) is 123 cm³/mol. The minimum Gasteiger partial charge on any atom is -0.497 e. The molecule has 1 aliphatic rings. The van der Waals surface area contributed by atoms with Crippen LogP contribution in [0.3, 0.4) is 0 Å². The van der Waals surface area contributed by atoms with Gasteiger partial charge in [-0.25, -0.2) is 4.79 Å². The first kappa shape index (κ1) is 24.3. The molecule has 6 nitrogen and oxygen atoms in total. The fourth-order valence-corrected chi connectivity index (χ4v) is 3.78. The van der Waals surface area contributed by atoms with Crippen LogP contribution in [0.15, 0.2) is 54.6 Å². The van der Waals surface area contributed by atoms with Gasteiger partial charge in [0.2, 0.25) is 0 Å². The monoisotopic (exact) mass is 460 g/mol. The smallest absolute Gasteiger partial charge is 0.331 e. The molecule has 0 aromatic heterocycles. The third-order valence-corrected chi connectivity index (χ3v) is 5.70. The van der Waals surface area contributed by atoms with Gasteiger partial charge in [0.25, 0.3) is 0 Å². The molecule has 7 heteroatoms. The van der Waals surface area contributed by atoms with Gasteiger partial charge in [0.15, 0.2) is 0 Å². The van der Waals surface area contributed by atoms with E-state index in [4.69, 9.17) is 25.8 Å². The maximum atomic E-state index is 12.2. The summed E-state index contributed by atoms with van der Waals surface area (Å²) in [5.41, 5.74) is 1.99. The molecule has 172 valence electrons. The molecule has 4 atom stereocenters. The van der Waals surface area contributed by atoms with Crippen molar-refractivity contribution in [3.63, 3.8) is 0 Å². The van der Waals surface area contributed by atoms with Crippen molar-refractivity contribution in [1.29, 1.82) is 0 Å². The van der Waals surface area contributed by atoms with Crippen LogP contribution >= 0.6 is 11.6 Å². The van der Waals surface area contributed by atoms with E-state index in [0.29, 0.717) is 24.5 Å². The van der Waals surface area contributed by atoms with E-state index >= 15 is 0 Å². The molecule has 32 heavy (non-hydrogen) atoms. The molecule has 0 saturated heterocycles. The van der Waals surface area contributed by atoms with Crippen molar-refractivity contribution < 1.29 is 29.2 Å². The lowest BCUT2D eigenvalue weighted by Crippen LogP contribution is -2.48. The molecule has 0 unspecified atom stereocenters. The zero-order chi connectivity index (χ0) is 22.9. The van der Waals surface area contributed by atoms with Gasteiger partial charge in [-0.05, 0) is 54.3 Å². The second-order valence-electron chi connectivity index (χ2n) is 7.83. The highest BCUT2D eigenvalue weighted by molar-refractivity contribution is 6.30. The number of methoxy groups -OCH3 is 1. The van der Waals surface area contributed by atoms with Gasteiger partial charge in [-0.3, -0.25) is 0 Å². The fourth-order valence-electron chi connectivity index (χ4n) is 3.65. The zero-order valence-corrected chi connectivity index (χ0v) is 18.8. The first-order valence-electron chi connectivity index (χ1n) is 10.7. The summed E-state index contributed by atoms with van der Waals surface area (Å²) in [5, 5.41) is 21.2. The number of carbonyl (C=O) groups is 1. The van der Waals surface area contributed by atoms with Crippen LogP contribution in [0, 0.1) is 0 Å². The van der Waals surface area contributed by atoms with Crippen LogP contribution in [0.2, 0.25) is 5.02 Å². The Morgan fingerprint density at radius 1 is 1.09 bits per heavy atom. The summed E-state index contributed by atoms with van der Waals surface area (Å²) in [6.45, 7) is 0.508. The van der Waals surface area contributed by atoms with E-state index in [1.54, 1.807) is 25.3 Å². The molecule has 2 aromatic rings. The van der Waals surface area contributed by atoms with Gasteiger partial charge in [-0.2, -0.15) is 0 Å². The molecule has 0 amide bonds. The first-order chi connectivity index (χ1) is 15.4. The van der Waals surface area contributed by atoms with Crippen molar-refractivity contribution in [2.45, 2.75) is 50.1 Å². The summed E-state index contributed by atoms with van der Waals surface area (Å²) < 4.78 is 16.4. The fraction of sp³-hybridized carbons (Fsp3) is 0.400. The van der Waals surface area contributed by atoms with Gasteiger partial charge in [0.05, 0.1) is 19.3 Å². The SMILES string of the molecule is COc1ccc(/C=C/C(=O)O[C@@H]2C[C@@H](OCCCc3ccc(Cl)cc3)C[C@H](O)[C@H]2O)cc1. The normalized spacial score (nSPS) is 23.2. The Hall–Kier alpha value is -2.38. The Labute approximate surface area is 193 Å². The second kappa shape index (κ2) is 12.0. The molecule has 0 heterocycles. The molecule has 0 spiro atoms. The lowest BCUT2D eigenvalue weighted by Gasteiger charge is -2.36. The lowest BCUT2D eigenvalue weighted by atomic mass is 9.89. The van der Waals surface area contributed by atoms with Crippen molar-refractivity contribution in [3.05, 3.63) is 70.8 Å². The molecule has 3 rings (SSSR count). The Morgan fingerprint density at radius 2 is 1.81 bits per heavy atom. The number of aliphatic hydroxyl groups is 2. The van der Waals surface area contributed by atoms with E-state index < -0.39 is 24.3 Å². The second-order valence-corrected chi connectivity index (χ2v) is 8.27. The van der Waals surface area contributed by atoms with Crippen molar-refractivity contribution in [2.24, 2.45) is 0 Å². The van der Waals surface area contributed by atoms with Crippen LogP contribution in [0.5, 0.6) is 5.75 Å². The molecule has 0 radical (unpaired) electrons. The quantitative estimate of drug-likeness (QED) is 0.336. The minimum absolute atomic E-state index is 0.290. The first-order valence-corrected chi connectivity index (χ1v) is 11.1. The molecule has 2 aromatic carbocycles. The third-order valence-electron chi connectivity index (χ3n) is 5.45. The van der Waals surface area contributed by atoms with Gasteiger partial charge < -0.3 is 24.4 Å². The van der Waals surface area contributed by atoms with E-state index in [-0.39, 0.29) is 6.10 Å². The van der Waals surface area contributed by atoms with Gasteiger partial charge in [-0.15, -0.1) is 0 Å². The largest absolute Gasteiger partial charge is 0.497 e. The predicted octanol–water partition coefficient (Wildman–Crippen LogP) is 3.81. The van der Waals surface area contributed by atoms with E-state index in [9.17, 15) is 15.0 Å². The summed E-state index contributed by atoms with van der Waals surface area (Å²) in [5.74, 6) is 0.142. The standard InChI is InChI=1S/C25H29ClO6/c1-30-20-11-6-18(7-12-20)8-13-24(28)32-23-16-21(15-22(27)25(23)29)31-14-2-3-17-4-9-19(26)10-5-17/h4-13,21-23,25,27,29H,2-3,14-16H2,1H3/b13-8+/t21-,22-,23+,25+/m0/s1. The van der Waals surface area contributed by atoms with Crippen LogP contribution in [0.4, 0.5) is 0 Å². The molecule has 0 bridgehead atoms. The summed E-state index contributed by atoms with van der Waals surface area (Å²) >= 11 is 5.90. The number of esters is 1. The van der Waals surface area contributed by atoms with Gasteiger partial charge >= 0.3 is 5.97 Å². The average molecular weight is 461 g/mol. The zero-order valence-electron chi connectivity index (χ0n) is 18.0. The van der Waals surface area contributed by atoms with Crippen LogP contribution in [-0.4, -0.2) is 54.3 Å². The number of aliphatic hydroxyl groups excluding tert-OH is 2. The van der Waals surface area contributed by atoms with Gasteiger partial charge in [-0.1, -0.05) is 35.9 Å². The summed E-state index contributed by atoms with van der Waals surface area (Å²) in [6, 6.07) is 14.9. The van der Waals surface area contributed by atoms with Crippen LogP contribution in [0.25, 0.3) is 6.08 Å². The summed E-state index contributed by atoms with van der Waals surface area (Å²) in [7, 11) is 1.59. The highest BCUT2D eigenvalue weighted by Gasteiger charge is 2.38. The van der Waals surface area contributed by atoms with Crippen LogP contribution in [-0.2, 0) is 20.7 Å². The summed E-state index contributed by atoms with van der Waals surface area (Å²) in [6.07, 6.45) is 1.97. The Kier molecular flexibility index (Phi) is 9.11. The molecular formula is C25H29ClO6. The highest BCUT2D eigenvalue weighted by Crippen LogP contribution is 2.25. The Bertz CT molecular complexity index is 880. The number of ether oxygens (including phenoxy) is 3. The van der Waals surface area contributed by atoms with Crippen molar-refractivity contribution in [1.82, 2.24) is 0 Å². The van der Waals surface area contributed by atoms with E-state index in [2.05, 4.69) is 0 Å². The van der Waals surface area contributed by atoms with Crippen molar-refractivity contribution in [3.8, 4) is 5.75 Å². The number of benzene rings is 2. The van der Waals surface area contributed by atoms with Gasteiger partial charge in [0, 0.05) is 30.5 Å². The number of hydrogen-bond donors (Lipinski definition) is 2. The average Bonchev–Trinajstić information content (AvgIpc) is 2.80. The van der Waals surface area contributed by atoms with Crippen molar-refractivity contribution >= 4 is 23.6 Å². The molecule has 1 saturated carbocycles. The van der Waals surface area contributed by atoms with E-state index in [1.165, 1.54) is 11.6 Å². The number of hydrogen-bond acceptors (Lipinski definition) is 6. The third kappa shape index (κ3) is 7.35. The van der Waals surface area contributed by atoms with Gasteiger partial charge in [0.1, 0.15) is 18.0 Å². The maximum absolute atomic E-state index is 12.2. The van der Waals surface area contributed by atoms with E-state index in [0.717, 1.165) is 24.2 Å². The van der Waals surface area contributed by atoms with Crippen LogP contribution < -0.4 is 4.74 Å². The number of halogens is 1. The molecule has 0 aliphatic heterocycles. The highest BCUT2D eigenvalue weighted by atomic mass is 35.5. The molecular weight excluding hydrogens is 432 g/mol. The number of rotatable bonds is 9. The minimum atomic E-state index is -1.14. The number of aryl methyl sites for hydroxylation is 1. The number of carbonyl (C=O) groups excluding carboxylic acids is 1. The molecule has 1 aliphatic carbocycles. The van der Waals surface area contributed by atoms with Crippen molar-refractivity contribution in [2.75, 3.05) is 13.7 Å². The summed E-state index contributed by atoms with van der Waals surface area (Å²) in [4.78, 5) is 12.2. The van der Waals surface area contributed by atoms with E-state index in [1.807, 2.05) is 36.4 Å². The maximum Gasteiger partial charge on any atom is 0.331 e.